The van der Waals surface area contributed by atoms with E-state index < -0.39 is 5.97 Å². The maximum atomic E-state index is 11.1. The van der Waals surface area contributed by atoms with E-state index in [1.165, 1.54) is 6.20 Å². The van der Waals surface area contributed by atoms with E-state index in [2.05, 4.69) is 21.1 Å². The van der Waals surface area contributed by atoms with E-state index in [9.17, 15) is 4.79 Å². The lowest BCUT2D eigenvalue weighted by Crippen LogP contribution is -2.47. The lowest BCUT2D eigenvalue weighted by Gasteiger charge is -2.35. The first-order chi connectivity index (χ1) is 9.22. The van der Waals surface area contributed by atoms with Gasteiger partial charge in [0.15, 0.2) is 11.5 Å². The molecule has 0 saturated carbocycles. The predicted octanol–water partition coefficient (Wildman–Crippen LogP) is 0.660. The zero-order valence-corrected chi connectivity index (χ0v) is 11.8. The average Bonchev–Trinajstić information content (AvgIpc) is 2.45. The van der Waals surface area contributed by atoms with Gasteiger partial charge in [-0.15, -0.1) is 0 Å². The number of piperazine rings is 1. The van der Waals surface area contributed by atoms with Crippen LogP contribution in [-0.4, -0.2) is 70.7 Å². The molecule has 0 amide bonds. The summed E-state index contributed by atoms with van der Waals surface area (Å²) in [6.45, 7) is 4.56. The Kier molecular flexibility index (Phi) is 4.98. The smallest absolute Gasteiger partial charge is 0.358 e. The number of hydrogen-bond acceptors (Lipinski definition) is 6. The van der Waals surface area contributed by atoms with E-state index in [-0.39, 0.29) is 5.69 Å². The Bertz CT molecular complexity index is 435. The molecular formula is C12H18N4O2S. The molecule has 1 saturated heterocycles. The highest BCUT2D eigenvalue weighted by atomic mass is 32.2. The van der Waals surface area contributed by atoms with E-state index in [1.54, 1.807) is 6.20 Å². The Morgan fingerprint density at radius 3 is 2.63 bits per heavy atom. The molecule has 7 heteroatoms. The van der Waals surface area contributed by atoms with Crippen molar-refractivity contribution in [1.82, 2.24) is 14.9 Å². The lowest BCUT2D eigenvalue weighted by atomic mass is 10.3. The molecule has 1 N–H and O–H groups in total. The van der Waals surface area contributed by atoms with E-state index in [4.69, 9.17) is 5.11 Å². The molecular weight excluding hydrogens is 264 g/mol. The van der Waals surface area contributed by atoms with Crippen molar-refractivity contribution in [2.75, 3.05) is 49.6 Å². The summed E-state index contributed by atoms with van der Waals surface area (Å²) >= 11 is 1.84. The zero-order valence-electron chi connectivity index (χ0n) is 10.9. The third-order valence-electron chi connectivity index (χ3n) is 3.16. The molecule has 1 fully saturated rings. The first kappa shape index (κ1) is 14.1. The molecule has 0 unspecified atom stereocenters. The molecule has 2 rings (SSSR count). The molecule has 6 nitrogen and oxygen atoms in total. The largest absolute Gasteiger partial charge is 0.476 e. The summed E-state index contributed by atoms with van der Waals surface area (Å²) in [5, 5.41) is 9.12. The summed E-state index contributed by atoms with van der Waals surface area (Å²) in [6.07, 6.45) is 5.07. The second-order valence-electron chi connectivity index (χ2n) is 4.36. The molecule has 0 aliphatic carbocycles. The summed E-state index contributed by atoms with van der Waals surface area (Å²) in [5.41, 5.74) is 0.0417. The Hall–Kier alpha value is -1.34. The van der Waals surface area contributed by atoms with Gasteiger partial charge in [-0.05, 0) is 6.26 Å². The second kappa shape index (κ2) is 6.72. The van der Waals surface area contributed by atoms with Crippen molar-refractivity contribution >= 4 is 23.5 Å². The molecule has 1 aliphatic heterocycles. The Morgan fingerprint density at radius 2 is 2.00 bits per heavy atom. The van der Waals surface area contributed by atoms with Crippen molar-refractivity contribution in [3.8, 4) is 0 Å². The number of anilines is 1. The minimum Gasteiger partial charge on any atom is -0.476 e. The third kappa shape index (κ3) is 3.57. The number of aromatic nitrogens is 2. The number of carboxylic acid groups (broad SMARTS) is 1. The molecule has 0 spiro atoms. The van der Waals surface area contributed by atoms with Crippen LogP contribution in [0.3, 0.4) is 0 Å². The van der Waals surface area contributed by atoms with Crippen LogP contribution in [0.1, 0.15) is 10.5 Å². The zero-order chi connectivity index (χ0) is 13.7. The van der Waals surface area contributed by atoms with Crippen molar-refractivity contribution in [2.45, 2.75) is 0 Å². The van der Waals surface area contributed by atoms with Crippen LogP contribution in [-0.2, 0) is 0 Å². The Morgan fingerprint density at radius 1 is 1.32 bits per heavy atom. The first-order valence-corrected chi connectivity index (χ1v) is 7.62. The van der Waals surface area contributed by atoms with Crippen LogP contribution in [0.25, 0.3) is 0 Å². The molecule has 0 bridgehead atoms. The highest BCUT2D eigenvalue weighted by Gasteiger charge is 2.22. The van der Waals surface area contributed by atoms with Crippen LogP contribution in [0, 0.1) is 0 Å². The van der Waals surface area contributed by atoms with Gasteiger partial charge >= 0.3 is 5.97 Å². The number of rotatable bonds is 5. The fraction of sp³-hybridized carbons (Fsp3) is 0.583. The van der Waals surface area contributed by atoms with E-state index in [1.807, 2.05) is 16.7 Å². The van der Waals surface area contributed by atoms with Gasteiger partial charge in [0, 0.05) is 50.9 Å². The number of nitrogens with zero attached hydrogens (tertiary/aromatic N) is 4. The monoisotopic (exact) mass is 282 g/mol. The van der Waals surface area contributed by atoms with E-state index >= 15 is 0 Å². The van der Waals surface area contributed by atoms with Gasteiger partial charge in [0.05, 0.1) is 0 Å². The van der Waals surface area contributed by atoms with Gasteiger partial charge in [0.2, 0.25) is 0 Å². The molecule has 1 aromatic heterocycles. The molecule has 1 aromatic rings. The predicted molar refractivity (Wildman–Crippen MR) is 76.0 cm³/mol. The normalized spacial score (nSPS) is 16.6. The molecule has 0 aromatic carbocycles. The Balaban J connectivity index is 2.00. The van der Waals surface area contributed by atoms with Gasteiger partial charge in [-0.3, -0.25) is 4.90 Å². The minimum absolute atomic E-state index is 0.0417. The number of carboxylic acids is 1. The number of thioether (sulfide) groups is 1. The molecule has 1 aliphatic rings. The quantitative estimate of drug-likeness (QED) is 0.850. The SMILES string of the molecule is CSCCN1CCN(c2nccnc2C(=O)O)CC1. The lowest BCUT2D eigenvalue weighted by molar-refractivity contribution is 0.0690. The van der Waals surface area contributed by atoms with Crippen molar-refractivity contribution < 1.29 is 9.90 Å². The third-order valence-corrected chi connectivity index (χ3v) is 3.76. The van der Waals surface area contributed by atoms with Gasteiger partial charge in [0.25, 0.3) is 0 Å². The number of aromatic carboxylic acids is 1. The molecule has 0 radical (unpaired) electrons. The standard InChI is InChI=1S/C12H18N4O2S/c1-19-9-8-15-4-6-16(7-5-15)11-10(12(17)18)13-2-3-14-11/h2-3H,4-9H2,1H3,(H,17,18). The van der Waals surface area contributed by atoms with Gasteiger partial charge in [-0.2, -0.15) is 11.8 Å². The summed E-state index contributed by atoms with van der Waals surface area (Å²) in [6, 6.07) is 0. The van der Waals surface area contributed by atoms with E-state index in [0.717, 1.165) is 38.5 Å². The van der Waals surface area contributed by atoms with Crippen molar-refractivity contribution in [3.63, 3.8) is 0 Å². The van der Waals surface area contributed by atoms with Crippen molar-refractivity contribution in [1.29, 1.82) is 0 Å². The van der Waals surface area contributed by atoms with Crippen molar-refractivity contribution in [2.24, 2.45) is 0 Å². The van der Waals surface area contributed by atoms with Gasteiger partial charge < -0.3 is 10.0 Å². The molecule has 19 heavy (non-hydrogen) atoms. The molecule has 104 valence electrons. The van der Waals surface area contributed by atoms with Crippen LogP contribution < -0.4 is 4.90 Å². The maximum absolute atomic E-state index is 11.1. The van der Waals surface area contributed by atoms with E-state index in [0.29, 0.717) is 5.82 Å². The summed E-state index contributed by atoms with van der Waals surface area (Å²) in [4.78, 5) is 23.6. The summed E-state index contributed by atoms with van der Waals surface area (Å²) < 4.78 is 0. The second-order valence-corrected chi connectivity index (χ2v) is 5.34. The van der Waals surface area contributed by atoms with Crippen LogP contribution in [0.4, 0.5) is 5.82 Å². The fourth-order valence-corrected chi connectivity index (χ4v) is 2.56. The number of carbonyl (C=O) groups is 1. The first-order valence-electron chi connectivity index (χ1n) is 6.23. The average molecular weight is 282 g/mol. The highest BCUT2D eigenvalue weighted by Crippen LogP contribution is 2.17. The fourth-order valence-electron chi connectivity index (χ4n) is 2.12. The van der Waals surface area contributed by atoms with Gasteiger partial charge in [-0.25, -0.2) is 14.8 Å². The summed E-state index contributed by atoms with van der Waals surface area (Å²) in [7, 11) is 0. The Labute approximate surface area is 116 Å². The van der Waals surface area contributed by atoms with Gasteiger partial charge in [0.1, 0.15) is 0 Å². The highest BCUT2D eigenvalue weighted by molar-refractivity contribution is 7.98. The molecule has 0 atom stereocenters. The van der Waals surface area contributed by atoms with Crippen LogP contribution in [0.2, 0.25) is 0 Å². The van der Waals surface area contributed by atoms with Gasteiger partial charge in [-0.1, -0.05) is 0 Å². The van der Waals surface area contributed by atoms with Crippen LogP contribution >= 0.6 is 11.8 Å². The molecule has 2 heterocycles. The number of hydrogen-bond donors (Lipinski definition) is 1. The topological polar surface area (TPSA) is 69.6 Å². The van der Waals surface area contributed by atoms with Crippen LogP contribution in [0.15, 0.2) is 12.4 Å². The maximum Gasteiger partial charge on any atom is 0.358 e. The summed E-state index contributed by atoms with van der Waals surface area (Å²) in [5.74, 6) is 0.596. The van der Waals surface area contributed by atoms with Crippen molar-refractivity contribution in [3.05, 3.63) is 18.1 Å². The van der Waals surface area contributed by atoms with Crippen LogP contribution in [0.5, 0.6) is 0 Å². The minimum atomic E-state index is -1.02.